The van der Waals surface area contributed by atoms with Crippen molar-refractivity contribution in [3.05, 3.63) is 34.7 Å². The zero-order valence-corrected chi connectivity index (χ0v) is 6.28. The molecule has 0 saturated carbocycles. The van der Waals surface area contributed by atoms with Gasteiger partial charge in [-0.3, -0.25) is 4.79 Å². The molecule has 0 spiro atoms. The van der Waals surface area contributed by atoms with E-state index in [0.29, 0.717) is 11.3 Å². The second-order valence-corrected chi connectivity index (χ2v) is 2.37. The van der Waals surface area contributed by atoms with Gasteiger partial charge in [-0.25, -0.2) is 0 Å². The maximum Gasteiger partial charge on any atom is 0.307 e. The minimum Gasteiger partial charge on any atom is -0.481 e. The number of rotatable bonds is 3. The van der Waals surface area contributed by atoms with Crippen molar-refractivity contribution in [1.82, 2.24) is 0 Å². The third-order valence-electron chi connectivity index (χ3n) is 1.43. The topological polar surface area (TPSA) is 68.3 Å². The lowest BCUT2D eigenvalue weighted by atomic mass is 10.1. The molecule has 4 nitrogen and oxygen atoms in total. The summed E-state index contributed by atoms with van der Waals surface area (Å²) in [6.07, 6.45) is -0.0147. The lowest BCUT2D eigenvalue weighted by molar-refractivity contribution is -0.379. The molecule has 0 radical (unpaired) electrons. The molecule has 0 aliphatic rings. The minimum atomic E-state index is -0.877. The molecule has 0 heterocycles. The van der Waals surface area contributed by atoms with Crippen molar-refractivity contribution in [3.63, 3.8) is 0 Å². The van der Waals surface area contributed by atoms with Crippen molar-refractivity contribution in [2.75, 3.05) is 0 Å². The largest absolute Gasteiger partial charge is 0.481 e. The Morgan fingerprint density at radius 2 is 1.92 bits per heavy atom. The number of carboxylic acids is 1. The summed E-state index contributed by atoms with van der Waals surface area (Å²) in [5.41, 5.74) is 1.12. The van der Waals surface area contributed by atoms with Gasteiger partial charge < -0.3 is 5.11 Å². The molecule has 2 N–H and O–H groups in total. The monoisotopic (exact) mass is 166 g/mol. The quantitative estimate of drug-likeness (QED) is 0.653. The van der Waals surface area contributed by atoms with Crippen molar-refractivity contribution in [3.8, 4) is 0 Å². The fourth-order valence-corrected chi connectivity index (χ4v) is 0.865. The SMILES string of the molecule is O=[NH+]c1ccc(CC(=O)O)cc1. The molecule has 0 bridgehead atoms. The smallest absolute Gasteiger partial charge is 0.307 e. The summed E-state index contributed by atoms with van der Waals surface area (Å²) in [4.78, 5) is 20.3. The van der Waals surface area contributed by atoms with E-state index in [4.69, 9.17) is 5.11 Å². The maximum absolute atomic E-state index is 10.2. The zero-order chi connectivity index (χ0) is 8.97. The van der Waals surface area contributed by atoms with Gasteiger partial charge in [0.1, 0.15) is 0 Å². The summed E-state index contributed by atoms with van der Waals surface area (Å²) >= 11 is 0. The number of carboxylic acid groups (broad SMARTS) is 1. The van der Waals surface area contributed by atoms with Crippen LogP contribution in [0, 0.1) is 4.91 Å². The van der Waals surface area contributed by atoms with Crippen LogP contribution in [0.5, 0.6) is 0 Å². The fraction of sp³-hybridized carbons (Fsp3) is 0.125. The molecular formula is C8H8NO3+. The Morgan fingerprint density at radius 1 is 1.33 bits per heavy atom. The Kier molecular flexibility index (Phi) is 2.53. The van der Waals surface area contributed by atoms with E-state index in [1.54, 1.807) is 29.4 Å². The maximum atomic E-state index is 10.2. The Balaban J connectivity index is 2.77. The minimum absolute atomic E-state index is 0.0147. The molecule has 12 heavy (non-hydrogen) atoms. The van der Waals surface area contributed by atoms with Gasteiger partial charge in [0.25, 0.3) is 5.69 Å². The molecule has 0 aliphatic heterocycles. The summed E-state index contributed by atoms with van der Waals surface area (Å²) < 4.78 is 0. The summed E-state index contributed by atoms with van der Waals surface area (Å²) in [5.74, 6) is -0.877. The molecule has 0 aromatic heterocycles. The number of nitrogens with one attached hydrogen (secondary N) is 1. The van der Waals surface area contributed by atoms with E-state index in [1.165, 1.54) is 0 Å². The van der Waals surface area contributed by atoms with Crippen LogP contribution in [0.25, 0.3) is 0 Å². The average Bonchev–Trinajstić information content (AvgIpc) is 2.05. The van der Waals surface area contributed by atoms with Gasteiger partial charge in [-0.2, -0.15) is 0 Å². The number of carbonyl (C=O) groups is 1. The number of benzene rings is 1. The molecule has 0 amide bonds. The Bertz CT molecular complexity index is 292. The molecule has 0 fully saturated rings. The molecule has 0 atom stereocenters. The molecular weight excluding hydrogens is 158 g/mol. The summed E-state index contributed by atoms with van der Waals surface area (Å²) in [6, 6.07) is 6.30. The van der Waals surface area contributed by atoms with Crippen molar-refractivity contribution < 1.29 is 15.1 Å². The molecule has 0 aliphatic carbocycles. The van der Waals surface area contributed by atoms with Crippen molar-refractivity contribution in [2.24, 2.45) is 0 Å². The van der Waals surface area contributed by atoms with E-state index in [-0.39, 0.29) is 6.42 Å². The van der Waals surface area contributed by atoms with Crippen LogP contribution in [0.1, 0.15) is 5.56 Å². The van der Waals surface area contributed by atoms with Gasteiger partial charge in [-0.05, 0) is 5.56 Å². The second kappa shape index (κ2) is 3.61. The normalized spacial score (nSPS) is 9.33. The number of hydrogen-bond donors (Lipinski definition) is 2. The highest BCUT2D eigenvalue weighted by atomic mass is 16.4. The Hall–Kier alpha value is -1.71. The highest BCUT2D eigenvalue weighted by Crippen LogP contribution is 2.04. The molecule has 1 aromatic carbocycles. The first kappa shape index (κ1) is 8.39. The average molecular weight is 166 g/mol. The van der Waals surface area contributed by atoms with Crippen LogP contribution in [0.15, 0.2) is 24.3 Å². The number of nitroso groups, excluding NO2 is 1. The van der Waals surface area contributed by atoms with Gasteiger partial charge in [0.05, 0.1) is 6.42 Å². The third-order valence-corrected chi connectivity index (χ3v) is 1.43. The molecule has 0 unspecified atom stereocenters. The molecule has 62 valence electrons. The van der Waals surface area contributed by atoms with Crippen LogP contribution >= 0.6 is 0 Å². The zero-order valence-electron chi connectivity index (χ0n) is 6.28. The van der Waals surface area contributed by atoms with Crippen LogP contribution in [0.2, 0.25) is 0 Å². The highest BCUT2D eigenvalue weighted by Gasteiger charge is 2.01. The Morgan fingerprint density at radius 3 is 2.33 bits per heavy atom. The predicted molar refractivity (Wildman–Crippen MR) is 41.8 cm³/mol. The van der Waals surface area contributed by atoms with Gasteiger partial charge in [0.15, 0.2) is 0 Å². The van der Waals surface area contributed by atoms with Gasteiger partial charge in [-0.15, -0.1) is 0 Å². The van der Waals surface area contributed by atoms with E-state index in [9.17, 15) is 9.70 Å². The van der Waals surface area contributed by atoms with Crippen LogP contribution < -0.4 is 5.18 Å². The first-order valence-corrected chi connectivity index (χ1v) is 3.41. The van der Waals surface area contributed by atoms with Crippen LogP contribution in [0.3, 0.4) is 0 Å². The van der Waals surface area contributed by atoms with Gasteiger partial charge in [0.2, 0.25) is 0 Å². The second-order valence-electron chi connectivity index (χ2n) is 2.37. The molecule has 0 saturated heterocycles. The fourth-order valence-electron chi connectivity index (χ4n) is 0.865. The van der Waals surface area contributed by atoms with E-state index >= 15 is 0 Å². The lowest BCUT2D eigenvalue weighted by Crippen LogP contribution is -2.55. The number of aliphatic carboxylic acids is 1. The first-order chi connectivity index (χ1) is 5.72. The van der Waals surface area contributed by atoms with E-state index in [0.717, 1.165) is 0 Å². The van der Waals surface area contributed by atoms with Gasteiger partial charge in [0, 0.05) is 22.2 Å². The van der Waals surface area contributed by atoms with Crippen molar-refractivity contribution in [2.45, 2.75) is 6.42 Å². The molecule has 1 aromatic rings. The summed E-state index contributed by atoms with van der Waals surface area (Å²) in [6.45, 7) is 0. The van der Waals surface area contributed by atoms with Crippen molar-refractivity contribution >= 4 is 11.7 Å². The molecule has 4 heteroatoms. The number of hydrogen-bond acceptors (Lipinski definition) is 2. The van der Waals surface area contributed by atoms with E-state index in [2.05, 4.69) is 0 Å². The highest BCUT2D eigenvalue weighted by molar-refractivity contribution is 5.70. The standard InChI is InChI=1S/C8H7NO3/c10-8(11)5-6-1-3-7(9-12)4-2-6/h1-4H,5H2,(H,10,11)/p+1. The Labute approximate surface area is 68.8 Å². The molecule has 1 rings (SSSR count). The van der Waals surface area contributed by atoms with Crippen LogP contribution in [-0.2, 0) is 11.2 Å². The van der Waals surface area contributed by atoms with Crippen LogP contribution in [0.4, 0.5) is 5.69 Å². The lowest BCUT2D eigenvalue weighted by Gasteiger charge is -1.92. The third kappa shape index (κ3) is 2.16. The van der Waals surface area contributed by atoms with Gasteiger partial charge >= 0.3 is 5.97 Å². The summed E-state index contributed by atoms with van der Waals surface area (Å²) in [7, 11) is 0. The first-order valence-electron chi connectivity index (χ1n) is 3.41. The van der Waals surface area contributed by atoms with E-state index < -0.39 is 5.97 Å². The predicted octanol–water partition coefficient (Wildman–Crippen LogP) is -0.208. The van der Waals surface area contributed by atoms with Gasteiger partial charge in [-0.1, -0.05) is 12.1 Å². The van der Waals surface area contributed by atoms with E-state index in [1.807, 2.05) is 0 Å². The van der Waals surface area contributed by atoms with Crippen molar-refractivity contribution in [1.29, 1.82) is 0 Å². The van der Waals surface area contributed by atoms with Crippen LogP contribution in [-0.4, -0.2) is 11.1 Å². The summed E-state index contributed by atoms with van der Waals surface area (Å²) in [5, 5.41) is 10.1.